The molecule has 1 saturated heterocycles. The van der Waals surface area contributed by atoms with Crippen molar-refractivity contribution in [2.24, 2.45) is 16.5 Å². The van der Waals surface area contributed by atoms with Crippen molar-refractivity contribution in [3.8, 4) is 0 Å². The maximum Gasteiger partial charge on any atom is 0.312 e. The lowest BCUT2D eigenvalue weighted by molar-refractivity contribution is -0.874. The SMILES string of the molecule is CC(C)(C)C(=O)O[C@@H](C[N+](C)(C)C)c1ccccc1N1C(=O)[C@@H]2C(c3ccccc3)=NO[C@@H]2C1=O. The molecule has 0 bridgehead atoms. The summed E-state index contributed by atoms with van der Waals surface area (Å²) in [7, 11) is 5.98. The molecule has 0 saturated carbocycles. The predicted octanol–water partition coefficient (Wildman–Crippen LogP) is 3.32. The maximum absolute atomic E-state index is 13.7. The van der Waals surface area contributed by atoms with Gasteiger partial charge in [-0.25, -0.2) is 4.90 Å². The number of hydrogen-bond donors (Lipinski definition) is 0. The molecule has 0 radical (unpaired) electrons. The highest BCUT2D eigenvalue weighted by molar-refractivity contribution is 6.32. The molecule has 2 aliphatic rings. The number of anilines is 1. The monoisotopic (exact) mass is 478 g/mol. The summed E-state index contributed by atoms with van der Waals surface area (Å²) in [6.07, 6.45) is -1.68. The minimum Gasteiger partial charge on any atom is -0.451 e. The lowest BCUT2D eigenvalue weighted by Gasteiger charge is -2.32. The molecule has 35 heavy (non-hydrogen) atoms. The van der Waals surface area contributed by atoms with Gasteiger partial charge in [-0.3, -0.25) is 14.4 Å². The molecule has 2 aromatic rings. The first kappa shape index (κ1) is 24.6. The van der Waals surface area contributed by atoms with E-state index in [0.29, 0.717) is 28.0 Å². The topological polar surface area (TPSA) is 85.3 Å². The van der Waals surface area contributed by atoms with E-state index in [1.807, 2.05) is 57.5 Å². The van der Waals surface area contributed by atoms with Crippen LogP contribution in [0.15, 0.2) is 59.8 Å². The Kier molecular flexibility index (Phi) is 6.27. The van der Waals surface area contributed by atoms with E-state index in [9.17, 15) is 14.4 Å². The van der Waals surface area contributed by atoms with E-state index in [1.54, 1.807) is 39.0 Å². The third-order valence-electron chi connectivity index (χ3n) is 5.98. The highest BCUT2D eigenvalue weighted by Gasteiger charge is 2.56. The molecule has 2 amide bonds. The van der Waals surface area contributed by atoms with Gasteiger partial charge in [0, 0.05) is 11.1 Å². The summed E-state index contributed by atoms with van der Waals surface area (Å²) in [6, 6.07) is 16.3. The lowest BCUT2D eigenvalue weighted by Crippen LogP contribution is -2.41. The van der Waals surface area contributed by atoms with Crippen molar-refractivity contribution in [1.29, 1.82) is 0 Å². The van der Waals surface area contributed by atoms with Gasteiger partial charge in [-0.15, -0.1) is 0 Å². The van der Waals surface area contributed by atoms with Gasteiger partial charge in [-0.2, -0.15) is 0 Å². The Hall–Kier alpha value is -3.52. The summed E-state index contributed by atoms with van der Waals surface area (Å²) in [5.74, 6) is -2.07. The number of amides is 2. The van der Waals surface area contributed by atoms with Crippen molar-refractivity contribution >= 4 is 29.2 Å². The number of carbonyl (C=O) groups excluding carboxylic acids is 3. The number of quaternary nitrogens is 1. The van der Waals surface area contributed by atoms with E-state index in [1.165, 1.54) is 0 Å². The molecular formula is C27H32N3O5+. The normalized spacial score (nSPS) is 20.9. The quantitative estimate of drug-likeness (QED) is 0.361. The second-order valence-corrected chi connectivity index (χ2v) is 11.0. The fraction of sp³-hybridized carbons (Fsp3) is 0.407. The van der Waals surface area contributed by atoms with Gasteiger partial charge < -0.3 is 14.1 Å². The van der Waals surface area contributed by atoms with Crippen LogP contribution in [0.25, 0.3) is 0 Å². The predicted molar refractivity (Wildman–Crippen MR) is 131 cm³/mol. The van der Waals surface area contributed by atoms with E-state index in [2.05, 4.69) is 5.16 Å². The third kappa shape index (κ3) is 4.84. The van der Waals surface area contributed by atoms with Gasteiger partial charge in [-0.1, -0.05) is 53.7 Å². The summed E-state index contributed by atoms with van der Waals surface area (Å²) < 4.78 is 6.48. The summed E-state index contributed by atoms with van der Waals surface area (Å²) >= 11 is 0. The zero-order chi connectivity index (χ0) is 25.5. The minimum atomic E-state index is -1.01. The van der Waals surface area contributed by atoms with Gasteiger partial charge in [0.2, 0.25) is 12.0 Å². The molecular weight excluding hydrogens is 446 g/mol. The van der Waals surface area contributed by atoms with Crippen LogP contribution in [0.2, 0.25) is 0 Å². The van der Waals surface area contributed by atoms with Gasteiger partial charge in [0.05, 0.1) is 32.2 Å². The number of para-hydroxylation sites is 1. The zero-order valence-corrected chi connectivity index (χ0v) is 21.0. The van der Waals surface area contributed by atoms with Gasteiger partial charge in [0.25, 0.3) is 5.91 Å². The molecule has 2 heterocycles. The second kappa shape index (κ2) is 8.92. The Morgan fingerprint density at radius 2 is 1.66 bits per heavy atom. The molecule has 184 valence electrons. The molecule has 0 unspecified atom stereocenters. The number of oxime groups is 1. The van der Waals surface area contributed by atoms with E-state index < -0.39 is 35.4 Å². The number of carbonyl (C=O) groups is 3. The molecule has 4 rings (SSSR count). The summed E-state index contributed by atoms with van der Waals surface area (Å²) in [6.45, 7) is 5.83. The molecule has 8 nitrogen and oxygen atoms in total. The van der Waals surface area contributed by atoms with Crippen LogP contribution in [0.4, 0.5) is 5.69 Å². The Morgan fingerprint density at radius 3 is 2.29 bits per heavy atom. The van der Waals surface area contributed by atoms with Crippen molar-refractivity contribution in [2.45, 2.75) is 33.0 Å². The van der Waals surface area contributed by atoms with E-state index in [-0.39, 0.29) is 5.97 Å². The number of nitrogens with zero attached hydrogens (tertiary/aromatic N) is 3. The molecule has 0 aromatic heterocycles. The van der Waals surface area contributed by atoms with Crippen LogP contribution in [0.1, 0.15) is 38.0 Å². The van der Waals surface area contributed by atoms with Crippen LogP contribution in [-0.2, 0) is 24.0 Å². The standard InChI is InChI=1S/C27H32N3O5/c1-27(2,3)26(33)34-20(16-30(4,5)6)18-14-10-11-15-19(18)29-24(31)21-22(17-12-8-7-9-13-17)28-35-23(21)25(29)32/h7-15,20-21,23H,16H2,1-6H3/q+1/t20-,21+,23-/m0/s1. The van der Waals surface area contributed by atoms with Crippen molar-refractivity contribution in [3.05, 3.63) is 65.7 Å². The number of rotatable bonds is 6. The summed E-state index contributed by atoms with van der Waals surface area (Å²) in [4.78, 5) is 46.5. The second-order valence-electron chi connectivity index (χ2n) is 11.0. The number of ether oxygens (including phenoxy) is 1. The van der Waals surface area contributed by atoms with Crippen molar-refractivity contribution < 1.29 is 28.4 Å². The van der Waals surface area contributed by atoms with Crippen LogP contribution < -0.4 is 4.90 Å². The molecule has 1 fully saturated rings. The van der Waals surface area contributed by atoms with E-state index >= 15 is 0 Å². The number of fused-ring (bicyclic) bond motifs is 1. The van der Waals surface area contributed by atoms with E-state index in [0.717, 1.165) is 10.5 Å². The Morgan fingerprint density at radius 1 is 1.03 bits per heavy atom. The fourth-order valence-corrected chi connectivity index (χ4v) is 4.23. The Balaban J connectivity index is 1.72. The lowest BCUT2D eigenvalue weighted by atomic mass is 9.94. The van der Waals surface area contributed by atoms with Crippen LogP contribution in [0, 0.1) is 11.3 Å². The van der Waals surface area contributed by atoms with Crippen LogP contribution in [0.5, 0.6) is 0 Å². The van der Waals surface area contributed by atoms with Gasteiger partial charge in [-0.05, 0) is 26.8 Å². The largest absolute Gasteiger partial charge is 0.451 e. The van der Waals surface area contributed by atoms with E-state index in [4.69, 9.17) is 9.57 Å². The van der Waals surface area contributed by atoms with Crippen LogP contribution in [0.3, 0.4) is 0 Å². The van der Waals surface area contributed by atoms with Gasteiger partial charge in [0.15, 0.2) is 6.10 Å². The first-order valence-electron chi connectivity index (χ1n) is 11.7. The summed E-state index contributed by atoms with van der Waals surface area (Å²) in [5, 5.41) is 4.07. The highest BCUT2D eigenvalue weighted by Crippen LogP contribution is 2.39. The summed E-state index contributed by atoms with van der Waals surface area (Å²) in [5.41, 5.74) is 1.46. The molecule has 2 aromatic carbocycles. The molecule has 3 atom stereocenters. The van der Waals surface area contributed by atoms with Crippen LogP contribution in [-0.4, -0.2) is 61.8 Å². The maximum atomic E-state index is 13.7. The smallest absolute Gasteiger partial charge is 0.312 e. The fourth-order valence-electron chi connectivity index (χ4n) is 4.23. The average Bonchev–Trinajstić information content (AvgIpc) is 3.32. The van der Waals surface area contributed by atoms with Crippen molar-refractivity contribution in [1.82, 2.24) is 0 Å². The number of imide groups is 1. The van der Waals surface area contributed by atoms with Crippen molar-refractivity contribution in [2.75, 3.05) is 32.6 Å². The molecule has 0 spiro atoms. The number of likely N-dealkylation sites (N-methyl/N-ethyl adjacent to an activating group) is 1. The first-order valence-corrected chi connectivity index (χ1v) is 11.7. The Labute approximate surface area is 205 Å². The highest BCUT2D eigenvalue weighted by atomic mass is 16.7. The number of benzene rings is 2. The first-order chi connectivity index (χ1) is 16.4. The molecule has 0 aliphatic carbocycles. The third-order valence-corrected chi connectivity index (χ3v) is 5.98. The average molecular weight is 479 g/mol. The number of esters is 1. The number of hydrogen-bond acceptors (Lipinski definition) is 6. The van der Waals surface area contributed by atoms with Gasteiger partial charge >= 0.3 is 5.97 Å². The minimum absolute atomic E-state index is 0.358. The van der Waals surface area contributed by atoms with Crippen molar-refractivity contribution in [3.63, 3.8) is 0 Å². The van der Waals surface area contributed by atoms with Crippen LogP contribution >= 0.6 is 0 Å². The zero-order valence-electron chi connectivity index (χ0n) is 21.0. The molecule has 0 N–H and O–H groups in total. The molecule has 8 heteroatoms. The Bertz CT molecular complexity index is 1180. The van der Waals surface area contributed by atoms with Gasteiger partial charge in [0.1, 0.15) is 18.2 Å². The molecule has 2 aliphatic heterocycles.